The largest absolute Gasteiger partial charge is 0.481 e. The molecule has 1 unspecified atom stereocenters. The molecule has 1 heterocycles. The number of carbonyl (C=O) groups is 1. The number of aryl methyl sites for hydroxylation is 1. The van der Waals surface area contributed by atoms with E-state index in [1.54, 1.807) is 13.0 Å². The van der Waals surface area contributed by atoms with Gasteiger partial charge in [-0.3, -0.25) is 4.79 Å². The van der Waals surface area contributed by atoms with E-state index in [9.17, 15) is 13.2 Å². The number of nitrogens with one attached hydrogen (secondary N) is 1. The predicted octanol–water partition coefficient (Wildman–Crippen LogP) is 2.18. The molecule has 1 amide bonds. The minimum absolute atomic E-state index is 0.195. The van der Waals surface area contributed by atoms with Crippen LogP contribution in [0.4, 0.5) is 5.82 Å². The van der Waals surface area contributed by atoms with Crippen LogP contribution >= 0.6 is 0 Å². The van der Waals surface area contributed by atoms with E-state index in [1.807, 2.05) is 6.92 Å². The van der Waals surface area contributed by atoms with E-state index in [2.05, 4.69) is 10.5 Å². The van der Waals surface area contributed by atoms with Crippen LogP contribution in [-0.2, 0) is 14.6 Å². The average Bonchev–Trinajstić information content (AvgIpc) is 2.89. The minimum atomic E-state index is -3.26. The quantitative estimate of drug-likeness (QED) is 0.867. The summed E-state index contributed by atoms with van der Waals surface area (Å²) in [4.78, 5) is 12.4. The first-order valence-corrected chi connectivity index (χ1v) is 8.89. The maximum absolute atomic E-state index is 12.2. The van der Waals surface area contributed by atoms with Crippen molar-refractivity contribution in [3.63, 3.8) is 0 Å². The Bertz CT molecular complexity index is 780. The van der Waals surface area contributed by atoms with E-state index in [0.29, 0.717) is 23.7 Å². The van der Waals surface area contributed by atoms with Crippen LogP contribution in [0.2, 0.25) is 0 Å². The number of anilines is 1. The normalized spacial score (nSPS) is 12.7. The van der Waals surface area contributed by atoms with Crippen LogP contribution in [0.1, 0.15) is 19.1 Å². The molecule has 0 aliphatic rings. The van der Waals surface area contributed by atoms with Crippen LogP contribution in [0.25, 0.3) is 0 Å². The van der Waals surface area contributed by atoms with Gasteiger partial charge < -0.3 is 14.6 Å². The number of benzene rings is 1. The van der Waals surface area contributed by atoms with E-state index in [4.69, 9.17) is 9.26 Å². The lowest BCUT2D eigenvalue weighted by molar-refractivity contribution is -0.122. The van der Waals surface area contributed by atoms with Gasteiger partial charge in [-0.2, -0.15) is 0 Å². The number of sulfone groups is 1. The summed E-state index contributed by atoms with van der Waals surface area (Å²) in [5.41, 5.74) is 0. The topological polar surface area (TPSA) is 98.5 Å². The highest BCUT2D eigenvalue weighted by molar-refractivity contribution is 7.90. The van der Waals surface area contributed by atoms with Crippen molar-refractivity contribution in [1.82, 2.24) is 5.16 Å². The Kier molecular flexibility index (Phi) is 5.05. The van der Waals surface area contributed by atoms with E-state index in [0.717, 1.165) is 6.26 Å². The van der Waals surface area contributed by atoms with Gasteiger partial charge in [0.05, 0.1) is 4.90 Å². The Morgan fingerprint density at radius 3 is 2.48 bits per heavy atom. The van der Waals surface area contributed by atoms with Crippen molar-refractivity contribution < 1.29 is 22.5 Å². The number of hydrogen-bond donors (Lipinski definition) is 1. The fourth-order valence-electron chi connectivity index (χ4n) is 1.88. The Morgan fingerprint density at radius 2 is 2.00 bits per heavy atom. The van der Waals surface area contributed by atoms with Crippen LogP contribution in [-0.4, -0.2) is 31.8 Å². The number of hydrogen-bond acceptors (Lipinski definition) is 6. The molecule has 0 saturated carbocycles. The zero-order valence-corrected chi connectivity index (χ0v) is 13.9. The molecule has 2 aromatic rings. The van der Waals surface area contributed by atoms with Crippen LogP contribution in [0.3, 0.4) is 0 Å². The Morgan fingerprint density at radius 1 is 1.35 bits per heavy atom. The van der Waals surface area contributed by atoms with Gasteiger partial charge in [-0.1, -0.05) is 12.1 Å². The summed E-state index contributed by atoms with van der Waals surface area (Å²) in [7, 11) is -3.26. The van der Waals surface area contributed by atoms with Crippen molar-refractivity contribution in [3.05, 3.63) is 36.1 Å². The fraction of sp³-hybridized carbons (Fsp3) is 0.333. The van der Waals surface area contributed by atoms with Crippen molar-refractivity contribution in [2.24, 2.45) is 0 Å². The van der Waals surface area contributed by atoms with Crippen LogP contribution < -0.4 is 10.1 Å². The van der Waals surface area contributed by atoms with Gasteiger partial charge in [0.25, 0.3) is 5.91 Å². The van der Waals surface area contributed by atoms with Crippen molar-refractivity contribution >= 4 is 21.6 Å². The molecular formula is C15H18N2O5S. The molecular weight excluding hydrogens is 320 g/mol. The van der Waals surface area contributed by atoms with Gasteiger partial charge in [0.15, 0.2) is 21.8 Å². The number of nitrogens with zero attached hydrogens (tertiary/aromatic N) is 1. The number of carbonyl (C=O) groups excluding carboxylic acids is 1. The highest BCUT2D eigenvalue weighted by Gasteiger charge is 2.20. The lowest BCUT2D eigenvalue weighted by atomic mass is 10.2. The van der Waals surface area contributed by atoms with Gasteiger partial charge in [-0.05, 0) is 37.6 Å². The molecule has 7 nitrogen and oxygen atoms in total. The summed E-state index contributed by atoms with van der Waals surface area (Å²) in [5.74, 6) is 0.969. The van der Waals surface area contributed by atoms with Crippen molar-refractivity contribution in [2.45, 2.75) is 31.3 Å². The van der Waals surface area contributed by atoms with Crippen molar-refractivity contribution in [1.29, 1.82) is 0 Å². The zero-order chi connectivity index (χ0) is 17.0. The van der Waals surface area contributed by atoms with Gasteiger partial charge in [-0.15, -0.1) is 0 Å². The van der Waals surface area contributed by atoms with E-state index in [-0.39, 0.29) is 10.8 Å². The summed E-state index contributed by atoms with van der Waals surface area (Å²) in [6.45, 7) is 3.53. The van der Waals surface area contributed by atoms with Gasteiger partial charge in [0.2, 0.25) is 0 Å². The summed E-state index contributed by atoms with van der Waals surface area (Å²) in [6.07, 6.45) is 0.845. The van der Waals surface area contributed by atoms with Crippen molar-refractivity contribution in [2.75, 3.05) is 11.6 Å². The Balaban J connectivity index is 2.05. The third-order valence-electron chi connectivity index (χ3n) is 3.07. The standard InChI is InChI=1S/C15H18N2O5S/c1-4-13(15(18)16-14-9-10(2)22-17-14)21-11-5-7-12(8-6-11)23(3,19)20/h5-9,13H,4H2,1-3H3,(H,16,17,18). The summed E-state index contributed by atoms with van der Waals surface area (Å²) >= 11 is 0. The third-order valence-corrected chi connectivity index (χ3v) is 4.20. The van der Waals surface area contributed by atoms with E-state index in [1.165, 1.54) is 24.3 Å². The molecule has 23 heavy (non-hydrogen) atoms. The second-order valence-corrected chi connectivity index (χ2v) is 7.09. The number of aromatic nitrogens is 1. The summed E-state index contributed by atoms with van der Waals surface area (Å²) < 4.78 is 33.3. The smallest absolute Gasteiger partial charge is 0.266 e. The first kappa shape index (κ1) is 17.0. The average molecular weight is 338 g/mol. The summed E-state index contributed by atoms with van der Waals surface area (Å²) in [5, 5.41) is 6.29. The lowest BCUT2D eigenvalue weighted by Crippen LogP contribution is -2.32. The van der Waals surface area contributed by atoms with Gasteiger partial charge in [0, 0.05) is 12.3 Å². The highest BCUT2D eigenvalue weighted by atomic mass is 32.2. The molecule has 1 N–H and O–H groups in total. The van der Waals surface area contributed by atoms with Crippen LogP contribution in [0.5, 0.6) is 5.75 Å². The molecule has 2 rings (SSSR count). The van der Waals surface area contributed by atoms with Crippen LogP contribution in [0, 0.1) is 6.92 Å². The third kappa shape index (κ3) is 4.56. The molecule has 124 valence electrons. The maximum Gasteiger partial charge on any atom is 0.266 e. The molecule has 1 aromatic heterocycles. The van der Waals surface area contributed by atoms with Gasteiger partial charge in [-0.25, -0.2) is 8.42 Å². The number of ether oxygens (including phenoxy) is 1. The molecule has 0 aliphatic carbocycles. The molecule has 0 bridgehead atoms. The van der Waals surface area contributed by atoms with Crippen LogP contribution in [0.15, 0.2) is 39.8 Å². The molecule has 1 atom stereocenters. The molecule has 0 aliphatic heterocycles. The number of amides is 1. The monoisotopic (exact) mass is 338 g/mol. The molecule has 0 radical (unpaired) electrons. The molecule has 0 saturated heterocycles. The molecule has 1 aromatic carbocycles. The van der Waals surface area contributed by atoms with E-state index < -0.39 is 15.9 Å². The van der Waals surface area contributed by atoms with Gasteiger partial charge in [0.1, 0.15) is 11.5 Å². The maximum atomic E-state index is 12.2. The predicted molar refractivity (Wildman–Crippen MR) is 84.1 cm³/mol. The Labute approximate surface area is 134 Å². The molecule has 0 fully saturated rings. The molecule has 0 spiro atoms. The summed E-state index contributed by atoms with van der Waals surface area (Å²) in [6, 6.07) is 7.53. The first-order valence-electron chi connectivity index (χ1n) is 7.00. The second-order valence-electron chi connectivity index (χ2n) is 5.07. The van der Waals surface area contributed by atoms with E-state index >= 15 is 0 Å². The fourth-order valence-corrected chi connectivity index (χ4v) is 2.51. The second kappa shape index (κ2) is 6.82. The number of rotatable bonds is 6. The first-order chi connectivity index (χ1) is 10.8. The minimum Gasteiger partial charge on any atom is -0.481 e. The van der Waals surface area contributed by atoms with Gasteiger partial charge >= 0.3 is 0 Å². The lowest BCUT2D eigenvalue weighted by Gasteiger charge is -2.16. The molecule has 8 heteroatoms. The Hall–Kier alpha value is -2.35. The highest BCUT2D eigenvalue weighted by Crippen LogP contribution is 2.18. The SMILES string of the molecule is CCC(Oc1ccc(S(C)(=O)=O)cc1)C(=O)Nc1cc(C)on1. The zero-order valence-electron chi connectivity index (χ0n) is 13.1. The van der Waals surface area contributed by atoms with Crippen molar-refractivity contribution in [3.8, 4) is 5.75 Å².